The van der Waals surface area contributed by atoms with Crippen LogP contribution < -0.4 is 10.1 Å². The van der Waals surface area contributed by atoms with E-state index in [-0.39, 0.29) is 10.9 Å². The normalized spacial score (nSPS) is 20.9. The summed E-state index contributed by atoms with van der Waals surface area (Å²) < 4.78 is 32.7. The molecule has 0 spiro atoms. The lowest BCUT2D eigenvalue weighted by Gasteiger charge is -2.31. The first-order valence-electron chi connectivity index (χ1n) is 6.49. The maximum atomic E-state index is 12.7. The molecule has 7 heteroatoms. The molecule has 1 unspecified atom stereocenters. The van der Waals surface area contributed by atoms with E-state index in [1.54, 1.807) is 22.5 Å². The molecule has 1 heterocycles. The largest absolute Gasteiger partial charge is 0.497 e. The molecule has 112 valence electrons. The fraction of sp³-hybridized carbons (Fsp3) is 0.538. The van der Waals surface area contributed by atoms with E-state index >= 15 is 0 Å². The molecule has 1 saturated heterocycles. The van der Waals surface area contributed by atoms with Crippen LogP contribution in [0.3, 0.4) is 0 Å². The predicted octanol–water partition coefficient (Wildman–Crippen LogP) is 1.83. The Morgan fingerprint density at radius 3 is 2.80 bits per heavy atom. The molecule has 0 aromatic heterocycles. The van der Waals surface area contributed by atoms with Crippen molar-refractivity contribution in [1.29, 1.82) is 0 Å². The number of rotatable bonds is 4. The molecule has 1 N–H and O–H groups in total. The van der Waals surface area contributed by atoms with E-state index in [2.05, 4.69) is 21.2 Å². The summed E-state index contributed by atoms with van der Waals surface area (Å²) in [5, 5.41) is 3.15. The van der Waals surface area contributed by atoms with Gasteiger partial charge in [-0.25, -0.2) is 8.42 Å². The van der Waals surface area contributed by atoms with Gasteiger partial charge in [-0.3, -0.25) is 0 Å². The number of piperidine rings is 1. The van der Waals surface area contributed by atoms with Gasteiger partial charge in [-0.05, 0) is 32.0 Å². The lowest BCUT2D eigenvalue weighted by Crippen LogP contribution is -2.46. The highest BCUT2D eigenvalue weighted by atomic mass is 79.9. The van der Waals surface area contributed by atoms with E-state index in [1.807, 2.05) is 7.05 Å². The highest BCUT2D eigenvalue weighted by molar-refractivity contribution is 9.10. The maximum absolute atomic E-state index is 12.7. The number of likely N-dealkylation sites (N-methyl/N-ethyl adjacent to an activating group) is 1. The Morgan fingerprint density at radius 1 is 1.40 bits per heavy atom. The molecule has 0 saturated carbocycles. The van der Waals surface area contributed by atoms with Gasteiger partial charge in [0.25, 0.3) is 0 Å². The van der Waals surface area contributed by atoms with Gasteiger partial charge in [-0.2, -0.15) is 4.31 Å². The molecule has 0 aliphatic carbocycles. The minimum Gasteiger partial charge on any atom is -0.497 e. The summed E-state index contributed by atoms with van der Waals surface area (Å²) in [6.07, 6.45) is 1.88. The zero-order valence-electron chi connectivity index (χ0n) is 11.6. The quantitative estimate of drug-likeness (QED) is 0.887. The van der Waals surface area contributed by atoms with Crippen LogP contribution >= 0.6 is 15.9 Å². The number of nitrogens with one attached hydrogen (secondary N) is 1. The van der Waals surface area contributed by atoms with Gasteiger partial charge in [0, 0.05) is 29.7 Å². The average Bonchev–Trinajstić information content (AvgIpc) is 2.46. The molecule has 0 radical (unpaired) electrons. The van der Waals surface area contributed by atoms with E-state index in [0.717, 1.165) is 12.8 Å². The number of hydrogen-bond donors (Lipinski definition) is 1. The topological polar surface area (TPSA) is 58.6 Å². The summed E-state index contributed by atoms with van der Waals surface area (Å²) in [6, 6.07) is 5.13. The standard InChI is InChI=1S/C13H19BrN2O3S/c1-15-11-4-3-5-16(9-11)20(17,18)13-7-10(14)6-12(8-13)19-2/h6-8,11,15H,3-5,9H2,1-2H3. The van der Waals surface area contributed by atoms with Crippen LogP contribution in [0.15, 0.2) is 27.6 Å². The van der Waals surface area contributed by atoms with E-state index in [1.165, 1.54) is 7.11 Å². The summed E-state index contributed by atoms with van der Waals surface area (Å²) in [4.78, 5) is 0.264. The first-order chi connectivity index (χ1) is 9.47. The van der Waals surface area contributed by atoms with Gasteiger partial charge in [0.2, 0.25) is 10.0 Å². The number of ether oxygens (including phenoxy) is 1. The second kappa shape index (κ2) is 6.43. The third-order valence-corrected chi connectivity index (χ3v) is 5.81. The van der Waals surface area contributed by atoms with E-state index in [9.17, 15) is 8.42 Å². The Balaban J connectivity index is 2.32. The highest BCUT2D eigenvalue weighted by Crippen LogP contribution is 2.27. The number of halogens is 1. The molecule has 1 aliphatic heterocycles. The first-order valence-corrected chi connectivity index (χ1v) is 8.72. The molecule has 20 heavy (non-hydrogen) atoms. The Morgan fingerprint density at radius 2 is 2.15 bits per heavy atom. The molecule has 0 bridgehead atoms. The summed E-state index contributed by atoms with van der Waals surface area (Å²) in [5.74, 6) is 0.528. The van der Waals surface area contributed by atoms with Crippen LogP contribution in [-0.4, -0.2) is 46.0 Å². The van der Waals surface area contributed by atoms with Crippen molar-refractivity contribution in [1.82, 2.24) is 9.62 Å². The zero-order valence-corrected chi connectivity index (χ0v) is 14.0. The summed E-state index contributed by atoms with van der Waals surface area (Å²) >= 11 is 3.32. The van der Waals surface area contributed by atoms with Crippen molar-refractivity contribution in [2.24, 2.45) is 0 Å². The lowest BCUT2D eigenvalue weighted by molar-refractivity contribution is 0.292. The molecule has 1 fully saturated rings. The summed E-state index contributed by atoms with van der Waals surface area (Å²) in [5.41, 5.74) is 0. The van der Waals surface area contributed by atoms with Gasteiger partial charge in [0.05, 0.1) is 12.0 Å². The Hall–Kier alpha value is -0.630. The third-order valence-electron chi connectivity index (χ3n) is 3.51. The molecule has 1 atom stereocenters. The van der Waals surface area contributed by atoms with Crippen LogP contribution in [0, 0.1) is 0 Å². The fourth-order valence-electron chi connectivity index (χ4n) is 2.35. The van der Waals surface area contributed by atoms with Gasteiger partial charge in [0.15, 0.2) is 0 Å². The number of sulfonamides is 1. The Labute approximate surface area is 128 Å². The average molecular weight is 363 g/mol. The van der Waals surface area contributed by atoms with Gasteiger partial charge in [-0.15, -0.1) is 0 Å². The van der Waals surface area contributed by atoms with Crippen LogP contribution in [0.25, 0.3) is 0 Å². The van der Waals surface area contributed by atoms with Gasteiger partial charge in [0.1, 0.15) is 5.75 Å². The summed E-state index contributed by atoms with van der Waals surface area (Å²) in [7, 11) is -0.0889. The highest BCUT2D eigenvalue weighted by Gasteiger charge is 2.30. The Kier molecular flexibility index (Phi) is 5.06. The van der Waals surface area contributed by atoms with Crippen molar-refractivity contribution in [2.75, 3.05) is 27.2 Å². The van der Waals surface area contributed by atoms with Crippen LogP contribution in [0.1, 0.15) is 12.8 Å². The molecule has 5 nitrogen and oxygen atoms in total. The number of benzene rings is 1. The van der Waals surface area contributed by atoms with Crippen molar-refractivity contribution >= 4 is 26.0 Å². The number of methoxy groups -OCH3 is 1. The third kappa shape index (κ3) is 3.33. The van der Waals surface area contributed by atoms with Crippen molar-refractivity contribution in [2.45, 2.75) is 23.8 Å². The van der Waals surface area contributed by atoms with Gasteiger partial charge < -0.3 is 10.1 Å². The molecule has 0 amide bonds. The monoisotopic (exact) mass is 362 g/mol. The molecular formula is C13H19BrN2O3S. The van der Waals surface area contributed by atoms with E-state index < -0.39 is 10.0 Å². The Bertz CT molecular complexity index is 577. The molecular weight excluding hydrogens is 344 g/mol. The second-order valence-corrected chi connectivity index (χ2v) is 7.67. The minimum atomic E-state index is -3.48. The minimum absolute atomic E-state index is 0.215. The van der Waals surface area contributed by atoms with Crippen LogP contribution in [0.4, 0.5) is 0 Å². The smallest absolute Gasteiger partial charge is 0.243 e. The molecule has 1 aliphatic rings. The van der Waals surface area contributed by atoms with Gasteiger partial charge >= 0.3 is 0 Å². The van der Waals surface area contributed by atoms with Crippen molar-refractivity contribution in [3.8, 4) is 5.75 Å². The van der Waals surface area contributed by atoms with Crippen LogP contribution in [0.2, 0.25) is 0 Å². The van der Waals surface area contributed by atoms with Crippen LogP contribution in [-0.2, 0) is 10.0 Å². The fourth-order valence-corrected chi connectivity index (χ4v) is 4.56. The lowest BCUT2D eigenvalue weighted by atomic mass is 10.1. The van der Waals surface area contributed by atoms with Crippen molar-refractivity contribution < 1.29 is 13.2 Å². The first kappa shape index (κ1) is 15.8. The molecule has 1 aromatic carbocycles. The number of nitrogens with zero attached hydrogens (tertiary/aromatic N) is 1. The number of hydrogen-bond acceptors (Lipinski definition) is 4. The van der Waals surface area contributed by atoms with Crippen molar-refractivity contribution in [3.05, 3.63) is 22.7 Å². The molecule has 2 rings (SSSR count). The molecule has 1 aromatic rings. The van der Waals surface area contributed by atoms with E-state index in [0.29, 0.717) is 23.3 Å². The maximum Gasteiger partial charge on any atom is 0.243 e. The van der Waals surface area contributed by atoms with E-state index in [4.69, 9.17) is 4.74 Å². The van der Waals surface area contributed by atoms with Crippen LogP contribution in [0.5, 0.6) is 5.75 Å². The zero-order chi connectivity index (χ0) is 14.8. The predicted molar refractivity (Wildman–Crippen MR) is 81.5 cm³/mol. The van der Waals surface area contributed by atoms with Crippen molar-refractivity contribution in [3.63, 3.8) is 0 Å². The second-order valence-electron chi connectivity index (χ2n) is 4.82. The summed E-state index contributed by atoms with van der Waals surface area (Å²) in [6.45, 7) is 1.07. The van der Waals surface area contributed by atoms with Gasteiger partial charge in [-0.1, -0.05) is 15.9 Å². The SMILES string of the molecule is CNC1CCCN(S(=O)(=O)c2cc(Br)cc(OC)c2)C1.